The number of hydrogen-bond acceptors (Lipinski definition) is 7. The molecule has 0 aliphatic rings. The van der Waals surface area contributed by atoms with E-state index in [-0.39, 0.29) is 12.3 Å². The van der Waals surface area contributed by atoms with Crippen LogP contribution in [-0.2, 0) is 11.3 Å². The Morgan fingerprint density at radius 1 is 1.50 bits per heavy atom. The summed E-state index contributed by atoms with van der Waals surface area (Å²) < 4.78 is 10.2. The standard InChI is InChI=1S/C12H14N4O4/c1-8-2-3-9(16(17)18)6-10(8)12-14-11(20-15-12)7-19-5-4-13/h2-3,6H,4-5,7,13H2,1H3. The topological polar surface area (TPSA) is 117 Å². The molecule has 2 rings (SSSR count). The molecule has 0 saturated heterocycles. The zero-order valence-corrected chi connectivity index (χ0v) is 10.9. The molecule has 0 aliphatic carbocycles. The highest BCUT2D eigenvalue weighted by Crippen LogP contribution is 2.25. The van der Waals surface area contributed by atoms with E-state index in [1.165, 1.54) is 12.1 Å². The predicted molar refractivity (Wildman–Crippen MR) is 69.8 cm³/mol. The largest absolute Gasteiger partial charge is 0.370 e. The van der Waals surface area contributed by atoms with Crippen molar-refractivity contribution in [1.82, 2.24) is 10.1 Å². The minimum absolute atomic E-state index is 0.0173. The first kappa shape index (κ1) is 14.1. The average molecular weight is 278 g/mol. The van der Waals surface area contributed by atoms with Gasteiger partial charge in [-0.1, -0.05) is 11.2 Å². The molecule has 1 heterocycles. The molecule has 1 aromatic carbocycles. The molecule has 2 N–H and O–H groups in total. The van der Waals surface area contributed by atoms with Crippen LogP contribution >= 0.6 is 0 Å². The van der Waals surface area contributed by atoms with Gasteiger partial charge in [-0.2, -0.15) is 4.98 Å². The molecule has 8 heteroatoms. The maximum absolute atomic E-state index is 10.8. The van der Waals surface area contributed by atoms with Crippen molar-refractivity contribution >= 4 is 5.69 Å². The lowest BCUT2D eigenvalue weighted by Crippen LogP contribution is -2.08. The number of aryl methyl sites for hydroxylation is 1. The van der Waals surface area contributed by atoms with Crippen molar-refractivity contribution in [3.05, 3.63) is 39.8 Å². The van der Waals surface area contributed by atoms with Crippen LogP contribution in [0.2, 0.25) is 0 Å². The third-order valence-electron chi connectivity index (χ3n) is 2.63. The number of aromatic nitrogens is 2. The number of nitrogens with zero attached hydrogens (tertiary/aromatic N) is 3. The van der Waals surface area contributed by atoms with Crippen molar-refractivity contribution < 1.29 is 14.2 Å². The van der Waals surface area contributed by atoms with Gasteiger partial charge in [-0.25, -0.2) is 0 Å². The lowest BCUT2D eigenvalue weighted by molar-refractivity contribution is -0.384. The fourth-order valence-corrected chi connectivity index (χ4v) is 1.63. The van der Waals surface area contributed by atoms with Crippen LogP contribution in [0.4, 0.5) is 5.69 Å². The second-order valence-electron chi connectivity index (χ2n) is 4.11. The first-order valence-corrected chi connectivity index (χ1v) is 5.97. The number of nitrogens with two attached hydrogens (primary N) is 1. The van der Waals surface area contributed by atoms with Crippen LogP contribution in [0.25, 0.3) is 11.4 Å². The van der Waals surface area contributed by atoms with Gasteiger partial charge in [0.15, 0.2) is 0 Å². The third-order valence-corrected chi connectivity index (χ3v) is 2.63. The Kier molecular flexibility index (Phi) is 4.38. The molecule has 0 spiro atoms. The average Bonchev–Trinajstić information content (AvgIpc) is 2.88. The molecule has 8 nitrogen and oxygen atoms in total. The summed E-state index contributed by atoms with van der Waals surface area (Å²) in [5, 5.41) is 14.6. The Hall–Kier alpha value is -2.32. The Morgan fingerprint density at radius 2 is 2.30 bits per heavy atom. The quantitative estimate of drug-likeness (QED) is 0.482. The second kappa shape index (κ2) is 6.22. The number of nitro groups is 1. The fourth-order valence-electron chi connectivity index (χ4n) is 1.63. The molecule has 1 aromatic heterocycles. The molecule has 0 bridgehead atoms. The van der Waals surface area contributed by atoms with E-state index in [2.05, 4.69) is 10.1 Å². The van der Waals surface area contributed by atoms with Gasteiger partial charge in [0.2, 0.25) is 5.82 Å². The van der Waals surface area contributed by atoms with Gasteiger partial charge in [-0.05, 0) is 12.5 Å². The van der Waals surface area contributed by atoms with Gasteiger partial charge in [-0.3, -0.25) is 10.1 Å². The van der Waals surface area contributed by atoms with Gasteiger partial charge in [0.25, 0.3) is 11.6 Å². The van der Waals surface area contributed by atoms with Gasteiger partial charge in [0, 0.05) is 24.2 Å². The van der Waals surface area contributed by atoms with Crippen LogP contribution < -0.4 is 5.73 Å². The number of non-ortho nitro benzene ring substituents is 1. The number of ether oxygens (including phenoxy) is 1. The Morgan fingerprint density at radius 3 is 3.00 bits per heavy atom. The van der Waals surface area contributed by atoms with E-state index in [1.807, 2.05) is 6.92 Å². The second-order valence-corrected chi connectivity index (χ2v) is 4.11. The molecule has 0 radical (unpaired) electrons. The molecule has 106 valence electrons. The maximum atomic E-state index is 10.8. The first-order chi connectivity index (χ1) is 9.61. The number of rotatable bonds is 6. The van der Waals surface area contributed by atoms with Crippen LogP contribution in [-0.4, -0.2) is 28.2 Å². The van der Waals surface area contributed by atoms with Crippen molar-refractivity contribution in [2.24, 2.45) is 5.73 Å². The van der Waals surface area contributed by atoms with Crippen molar-refractivity contribution in [3.8, 4) is 11.4 Å². The van der Waals surface area contributed by atoms with Gasteiger partial charge in [0.1, 0.15) is 6.61 Å². The normalized spacial score (nSPS) is 10.7. The van der Waals surface area contributed by atoms with E-state index in [1.54, 1.807) is 6.07 Å². The van der Waals surface area contributed by atoms with Crippen molar-refractivity contribution in [2.45, 2.75) is 13.5 Å². The minimum atomic E-state index is -0.464. The molecule has 20 heavy (non-hydrogen) atoms. The van der Waals surface area contributed by atoms with E-state index in [4.69, 9.17) is 15.0 Å². The van der Waals surface area contributed by atoms with E-state index >= 15 is 0 Å². The van der Waals surface area contributed by atoms with E-state index in [0.717, 1.165) is 5.56 Å². The molecule has 0 amide bonds. The first-order valence-electron chi connectivity index (χ1n) is 5.97. The maximum Gasteiger partial charge on any atom is 0.270 e. The number of nitro benzene ring substituents is 1. The van der Waals surface area contributed by atoms with Crippen LogP contribution in [0.1, 0.15) is 11.5 Å². The van der Waals surface area contributed by atoms with Gasteiger partial charge >= 0.3 is 0 Å². The lowest BCUT2D eigenvalue weighted by atomic mass is 10.1. The Balaban J connectivity index is 2.23. The van der Waals surface area contributed by atoms with Crippen LogP contribution in [0.15, 0.2) is 22.7 Å². The molecule has 0 fully saturated rings. The van der Waals surface area contributed by atoms with Crippen molar-refractivity contribution in [1.29, 1.82) is 0 Å². The predicted octanol–water partition coefficient (Wildman–Crippen LogP) is 1.43. The lowest BCUT2D eigenvalue weighted by Gasteiger charge is -2.00. The van der Waals surface area contributed by atoms with E-state index in [0.29, 0.717) is 30.4 Å². The molecule has 0 aliphatic heterocycles. The zero-order valence-electron chi connectivity index (χ0n) is 10.9. The summed E-state index contributed by atoms with van der Waals surface area (Å²) in [5.74, 6) is 0.608. The number of benzene rings is 1. The highest BCUT2D eigenvalue weighted by Gasteiger charge is 2.15. The monoisotopic (exact) mass is 278 g/mol. The summed E-state index contributed by atoms with van der Waals surface area (Å²) in [5.41, 5.74) is 6.67. The molecule has 2 aromatic rings. The fraction of sp³-hybridized carbons (Fsp3) is 0.333. The summed E-state index contributed by atoms with van der Waals surface area (Å²) in [4.78, 5) is 14.5. The Labute approximate surface area is 114 Å². The van der Waals surface area contributed by atoms with E-state index in [9.17, 15) is 10.1 Å². The third kappa shape index (κ3) is 3.16. The van der Waals surface area contributed by atoms with E-state index < -0.39 is 4.92 Å². The van der Waals surface area contributed by atoms with Crippen molar-refractivity contribution in [3.63, 3.8) is 0 Å². The highest BCUT2D eigenvalue weighted by atomic mass is 16.6. The minimum Gasteiger partial charge on any atom is -0.370 e. The Bertz CT molecular complexity index is 611. The van der Waals surface area contributed by atoms with Gasteiger partial charge < -0.3 is 15.0 Å². The van der Waals surface area contributed by atoms with Crippen molar-refractivity contribution in [2.75, 3.05) is 13.2 Å². The molecule has 0 atom stereocenters. The zero-order chi connectivity index (χ0) is 14.5. The van der Waals surface area contributed by atoms with Gasteiger partial charge in [-0.15, -0.1) is 0 Å². The molecular weight excluding hydrogens is 264 g/mol. The summed E-state index contributed by atoms with van der Waals surface area (Å²) in [6, 6.07) is 4.50. The summed E-state index contributed by atoms with van der Waals surface area (Å²) >= 11 is 0. The smallest absolute Gasteiger partial charge is 0.270 e. The highest BCUT2D eigenvalue weighted by molar-refractivity contribution is 5.63. The summed E-state index contributed by atoms with van der Waals surface area (Å²) in [6.07, 6.45) is 0. The van der Waals surface area contributed by atoms with Crippen LogP contribution in [0.3, 0.4) is 0 Å². The SMILES string of the molecule is Cc1ccc([N+](=O)[O-])cc1-c1noc(COCCN)n1. The van der Waals surface area contributed by atoms with Crippen LogP contribution in [0.5, 0.6) is 0 Å². The molecule has 0 unspecified atom stereocenters. The summed E-state index contributed by atoms with van der Waals surface area (Å²) in [7, 11) is 0. The summed E-state index contributed by atoms with van der Waals surface area (Å²) in [6.45, 7) is 2.79. The van der Waals surface area contributed by atoms with Crippen LogP contribution in [0, 0.1) is 17.0 Å². The molecular formula is C12H14N4O4. The number of hydrogen-bond donors (Lipinski definition) is 1. The van der Waals surface area contributed by atoms with Gasteiger partial charge in [0.05, 0.1) is 11.5 Å². The molecule has 0 saturated carbocycles.